The van der Waals surface area contributed by atoms with E-state index in [9.17, 15) is 0 Å². The van der Waals surface area contributed by atoms with Gasteiger partial charge in [-0.25, -0.2) is 4.68 Å². The number of hydrogen-bond donors (Lipinski definition) is 1. The SMILES string of the molecule is CCC1CCC(Nc2cc(Cl)ccc2-n2cccn2)CC1. The molecular formula is C17H22ClN3. The highest BCUT2D eigenvalue weighted by Crippen LogP contribution is 2.31. The van der Waals surface area contributed by atoms with Crippen molar-refractivity contribution in [1.29, 1.82) is 0 Å². The summed E-state index contributed by atoms with van der Waals surface area (Å²) in [5.41, 5.74) is 2.13. The van der Waals surface area contributed by atoms with Crippen molar-refractivity contribution < 1.29 is 0 Å². The van der Waals surface area contributed by atoms with Crippen LogP contribution in [0.4, 0.5) is 5.69 Å². The second kappa shape index (κ2) is 6.52. The van der Waals surface area contributed by atoms with Gasteiger partial charge in [0.2, 0.25) is 0 Å². The number of aromatic nitrogens is 2. The smallest absolute Gasteiger partial charge is 0.0877 e. The zero-order valence-corrected chi connectivity index (χ0v) is 13.2. The number of nitrogens with one attached hydrogen (secondary N) is 1. The lowest BCUT2D eigenvalue weighted by Crippen LogP contribution is -2.26. The van der Waals surface area contributed by atoms with Crippen molar-refractivity contribution >= 4 is 17.3 Å². The largest absolute Gasteiger partial charge is 0.381 e. The maximum atomic E-state index is 6.17. The summed E-state index contributed by atoms with van der Waals surface area (Å²) >= 11 is 6.17. The molecule has 0 saturated heterocycles. The van der Waals surface area contributed by atoms with Gasteiger partial charge in [0.15, 0.2) is 0 Å². The predicted octanol–water partition coefficient (Wildman–Crippen LogP) is 4.91. The van der Waals surface area contributed by atoms with Crippen molar-refractivity contribution in [2.24, 2.45) is 5.92 Å². The first kappa shape index (κ1) is 14.5. The molecule has 4 heteroatoms. The fourth-order valence-corrected chi connectivity index (χ4v) is 3.34. The molecule has 1 saturated carbocycles. The van der Waals surface area contributed by atoms with Crippen LogP contribution in [0.5, 0.6) is 0 Å². The summed E-state index contributed by atoms with van der Waals surface area (Å²) in [5, 5.41) is 8.77. The van der Waals surface area contributed by atoms with Gasteiger partial charge in [-0.05, 0) is 55.9 Å². The summed E-state index contributed by atoms with van der Waals surface area (Å²) in [6, 6.07) is 8.42. The highest BCUT2D eigenvalue weighted by atomic mass is 35.5. The Balaban J connectivity index is 1.77. The average molecular weight is 304 g/mol. The molecule has 1 aliphatic rings. The molecule has 21 heavy (non-hydrogen) atoms. The average Bonchev–Trinajstić information content (AvgIpc) is 3.02. The number of nitrogens with zero attached hydrogens (tertiary/aromatic N) is 2. The molecule has 0 amide bonds. The lowest BCUT2D eigenvalue weighted by Gasteiger charge is -2.29. The van der Waals surface area contributed by atoms with Gasteiger partial charge in [0.1, 0.15) is 0 Å². The summed E-state index contributed by atoms with van der Waals surface area (Å²) in [6.45, 7) is 2.30. The first-order valence-corrected chi connectivity index (χ1v) is 8.20. The third-order valence-corrected chi connectivity index (χ3v) is 4.73. The number of anilines is 1. The van der Waals surface area contributed by atoms with Crippen LogP contribution in [0.2, 0.25) is 5.02 Å². The zero-order chi connectivity index (χ0) is 14.7. The molecule has 0 radical (unpaired) electrons. The molecule has 0 bridgehead atoms. The van der Waals surface area contributed by atoms with Crippen LogP contribution in [-0.4, -0.2) is 15.8 Å². The summed E-state index contributed by atoms with van der Waals surface area (Å²) < 4.78 is 1.89. The van der Waals surface area contributed by atoms with Crippen LogP contribution in [-0.2, 0) is 0 Å². The molecule has 0 spiro atoms. The molecule has 1 heterocycles. The van der Waals surface area contributed by atoms with E-state index in [1.807, 2.05) is 35.1 Å². The molecule has 1 aromatic heterocycles. The number of hydrogen-bond acceptors (Lipinski definition) is 2. The van der Waals surface area contributed by atoms with Gasteiger partial charge in [0.25, 0.3) is 0 Å². The maximum Gasteiger partial charge on any atom is 0.0877 e. The fraction of sp³-hybridized carbons (Fsp3) is 0.471. The summed E-state index contributed by atoms with van der Waals surface area (Å²) in [7, 11) is 0. The summed E-state index contributed by atoms with van der Waals surface area (Å²) in [5.74, 6) is 0.910. The van der Waals surface area contributed by atoms with E-state index in [2.05, 4.69) is 17.3 Å². The van der Waals surface area contributed by atoms with E-state index < -0.39 is 0 Å². The van der Waals surface area contributed by atoms with Crippen LogP contribution in [0.15, 0.2) is 36.7 Å². The molecule has 1 N–H and O–H groups in total. The number of benzene rings is 1. The van der Waals surface area contributed by atoms with Crippen LogP contribution in [0.1, 0.15) is 39.0 Å². The Kier molecular flexibility index (Phi) is 4.49. The van der Waals surface area contributed by atoms with Gasteiger partial charge < -0.3 is 5.32 Å². The second-order valence-corrected chi connectivity index (χ2v) is 6.32. The van der Waals surface area contributed by atoms with Crippen LogP contribution >= 0.6 is 11.6 Å². The molecule has 3 rings (SSSR count). The molecule has 0 unspecified atom stereocenters. The third kappa shape index (κ3) is 3.41. The first-order chi connectivity index (χ1) is 10.3. The predicted molar refractivity (Wildman–Crippen MR) is 88.2 cm³/mol. The molecule has 2 aromatic rings. The van der Waals surface area contributed by atoms with E-state index in [-0.39, 0.29) is 0 Å². The van der Waals surface area contributed by atoms with Gasteiger partial charge in [-0.1, -0.05) is 24.9 Å². The fourth-order valence-electron chi connectivity index (χ4n) is 3.17. The van der Waals surface area contributed by atoms with Gasteiger partial charge in [-0.15, -0.1) is 0 Å². The summed E-state index contributed by atoms with van der Waals surface area (Å²) in [6.07, 6.45) is 10.2. The van der Waals surface area contributed by atoms with Gasteiger partial charge in [0, 0.05) is 23.5 Å². The van der Waals surface area contributed by atoms with Crippen LogP contribution in [0, 0.1) is 5.92 Å². The quantitative estimate of drug-likeness (QED) is 0.870. The Labute approximate surface area is 131 Å². The molecule has 112 valence electrons. The van der Waals surface area contributed by atoms with E-state index in [4.69, 9.17) is 11.6 Å². The van der Waals surface area contributed by atoms with Crippen molar-refractivity contribution in [2.45, 2.75) is 45.1 Å². The molecule has 0 aliphatic heterocycles. The van der Waals surface area contributed by atoms with Crippen molar-refractivity contribution in [3.63, 3.8) is 0 Å². The Morgan fingerprint density at radius 2 is 2.10 bits per heavy atom. The lowest BCUT2D eigenvalue weighted by atomic mass is 9.84. The third-order valence-electron chi connectivity index (χ3n) is 4.49. The maximum absolute atomic E-state index is 6.17. The zero-order valence-electron chi connectivity index (χ0n) is 12.4. The minimum atomic E-state index is 0.542. The number of rotatable bonds is 4. The van der Waals surface area contributed by atoms with Gasteiger partial charge in [-0.2, -0.15) is 5.10 Å². The van der Waals surface area contributed by atoms with Crippen LogP contribution in [0.25, 0.3) is 5.69 Å². The Hall–Kier alpha value is -1.48. The summed E-state index contributed by atoms with van der Waals surface area (Å²) in [4.78, 5) is 0. The van der Waals surface area contributed by atoms with Crippen LogP contribution < -0.4 is 5.32 Å². The van der Waals surface area contributed by atoms with Crippen molar-refractivity contribution in [3.8, 4) is 5.69 Å². The first-order valence-electron chi connectivity index (χ1n) is 7.82. The lowest BCUT2D eigenvalue weighted by molar-refractivity contribution is 0.330. The molecule has 1 fully saturated rings. The molecule has 3 nitrogen and oxygen atoms in total. The van der Waals surface area contributed by atoms with Gasteiger partial charge in [-0.3, -0.25) is 0 Å². The minimum absolute atomic E-state index is 0.542. The van der Waals surface area contributed by atoms with E-state index >= 15 is 0 Å². The second-order valence-electron chi connectivity index (χ2n) is 5.88. The van der Waals surface area contributed by atoms with E-state index in [0.29, 0.717) is 6.04 Å². The highest BCUT2D eigenvalue weighted by molar-refractivity contribution is 6.31. The monoisotopic (exact) mass is 303 g/mol. The highest BCUT2D eigenvalue weighted by Gasteiger charge is 2.20. The number of halogens is 1. The van der Waals surface area contributed by atoms with Crippen molar-refractivity contribution in [3.05, 3.63) is 41.7 Å². The normalized spacial score (nSPS) is 22.2. The van der Waals surface area contributed by atoms with Crippen LogP contribution in [0.3, 0.4) is 0 Å². The molecule has 0 atom stereocenters. The van der Waals surface area contributed by atoms with Gasteiger partial charge in [0.05, 0.1) is 11.4 Å². The topological polar surface area (TPSA) is 29.9 Å². The molecule has 1 aliphatic carbocycles. The molecular weight excluding hydrogens is 282 g/mol. The van der Waals surface area contributed by atoms with E-state index in [0.717, 1.165) is 22.3 Å². The standard InChI is InChI=1S/C17H22ClN3/c1-2-13-4-7-15(8-5-13)20-16-12-14(18)6-9-17(16)21-11-3-10-19-21/h3,6,9-13,15,20H,2,4-5,7-8H2,1H3. The van der Waals surface area contributed by atoms with E-state index in [1.54, 1.807) is 6.20 Å². The Morgan fingerprint density at radius 3 is 2.76 bits per heavy atom. The Morgan fingerprint density at radius 1 is 1.29 bits per heavy atom. The van der Waals surface area contributed by atoms with Gasteiger partial charge >= 0.3 is 0 Å². The minimum Gasteiger partial charge on any atom is -0.381 e. The molecule has 1 aromatic carbocycles. The van der Waals surface area contributed by atoms with E-state index in [1.165, 1.54) is 32.1 Å². The van der Waals surface area contributed by atoms with Crippen molar-refractivity contribution in [2.75, 3.05) is 5.32 Å². The van der Waals surface area contributed by atoms with Crippen molar-refractivity contribution in [1.82, 2.24) is 9.78 Å². The Bertz CT molecular complexity index is 572.